The predicted octanol–water partition coefficient (Wildman–Crippen LogP) is 3.31. The summed E-state index contributed by atoms with van der Waals surface area (Å²) in [5.41, 5.74) is 9.60. The maximum atomic E-state index is 11.9. The van der Waals surface area contributed by atoms with Crippen molar-refractivity contribution in [1.82, 2.24) is 5.32 Å². The monoisotopic (exact) mass is 310 g/mol. The van der Waals surface area contributed by atoms with Crippen molar-refractivity contribution >= 4 is 17.7 Å². The largest absolute Gasteiger partial charge is 0.492 e. The first-order valence-electron chi connectivity index (χ1n) is 7.62. The van der Waals surface area contributed by atoms with E-state index in [2.05, 4.69) is 5.32 Å². The molecule has 2 aromatic rings. The molecule has 0 bridgehead atoms. The average Bonchev–Trinajstić information content (AvgIpc) is 2.55. The number of hydrogen-bond acceptors (Lipinski definition) is 3. The summed E-state index contributed by atoms with van der Waals surface area (Å²) in [4.78, 5) is 11.9. The molecule has 0 atom stereocenters. The van der Waals surface area contributed by atoms with Gasteiger partial charge in [-0.2, -0.15) is 0 Å². The quantitative estimate of drug-likeness (QED) is 0.635. The molecule has 0 radical (unpaired) electrons. The highest BCUT2D eigenvalue weighted by atomic mass is 16.5. The van der Waals surface area contributed by atoms with E-state index in [1.807, 2.05) is 50.2 Å². The SMILES string of the molecule is CCOc1ccc(/C=C\C(=O)NCc2ccc(C)cc2)cc1N. The fourth-order valence-electron chi connectivity index (χ4n) is 2.08. The zero-order valence-corrected chi connectivity index (χ0v) is 13.5. The minimum atomic E-state index is -0.141. The Hall–Kier alpha value is -2.75. The number of nitrogens with one attached hydrogen (secondary N) is 1. The van der Waals surface area contributed by atoms with E-state index in [9.17, 15) is 4.79 Å². The molecule has 0 aromatic heterocycles. The van der Waals surface area contributed by atoms with E-state index in [1.54, 1.807) is 12.1 Å². The Morgan fingerprint density at radius 2 is 1.96 bits per heavy atom. The zero-order chi connectivity index (χ0) is 16.7. The van der Waals surface area contributed by atoms with E-state index in [0.717, 1.165) is 11.1 Å². The summed E-state index contributed by atoms with van der Waals surface area (Å²) >= 11 is 0. The number of hydrogen-bond donors (Lipinski definition) is 2. The van der Waals surface area contributed by atoms with Gasteiger partial charge in [-0.25, -0.2) is 0 Å². The molecule has 23 heavy (non-hydrogen) atoms. The number of aryl methyl sites for hydroxylation is 1. The predicted molar refractivity (Wildman–Crippen MR) is 94.1 cm³/mol. The molecule has 1 amide bonds. The minimum Gasteiger partial charge on any atom is -0.492 e. The lowest BCUT2D eigenvalue weighted by molar-refractivity contribution is -0.116. The standard InChI is InChI=1S/C19H22N2O2/c1-3-23-18-10-8-15(12-17(18)20)9-11-19(22)21-13-16-6-4-14(2)5-7-16/h4-12H,3,13,20H2,1-2H3,(H,21,22)/b11-9-. The van der Waals surface area contributed by atoms with Gasteiger partial charge >= 0.3 is 0 Å². The van der Waals surface area contributed by atoms with Crippen LogP contribution in [-0.2, 0) is 11.3 Å². The molecule has 0 heterocycles. The van der Waals surface area contributed by atoms with Gasteiger partial charge in [0, 0.05) is 12.6 Å². The summed E-state index contributed by atoms with van der Waals surface area (Å²) in [6.45, 7) is 5.02. The summed E-state index contributed by atoms with van der Waals surface area (Å²) < 4.78 is 5.38. The minimum absolute atomic E-state index is 0.141. The van der Waals surface area contributed by atoms with Crippen molar-refractivity contribution in [2.45, 2.75) is 20.4 Å². The molecule has 3 N–H and O–H groups in total. The third-order valence-electron chi connectivity index (χ3n) is 3.35. The zero-order valence-electron chi connectivity index (χ0n) is 13.5. The Kier molecular flexibility index (Phi) is 5.80. The fraction of sp³-hybridized carbons (Fsp3) is 0.211. The molecule has 4 nitrogen and oxygen atoms in total. The number of amides is 1. The van der Waals surface area contributed by atoms with Gasteiger partial charge in [-0.15, -0.1) is 0 Å². The molecular weight excluding hydrogens is 288 g/mol. The number of anilines is 1. The second-order valence-electron chi connectivity index (χ2n) is 5.27. The highest BCUT2D eigenvalue weighted by Crippen LogP contribution is 2.23. The molecule has 0 saturated carbocycles. The first kappa shape index (κ1) is 16.6. The topological polar surface area (TPSA) is 64.3 Å². The summed E-state index contributed by atoms with van der Waals surface area (Å²) in [5.74, 6) is 0.520. The van der Waals surface area contributed by atoms with Gasteiger partial charge in [0.15, 0.2) is 0 Å². The van der Waals surface area contributed by atoms with Gasteiger partial charge in [-0.3, -0.25) is 4.79 Å². The molecule has 0 saturated heterocycles. The van der Waals surface area contributed by atoms with E-state index in [0.29, 0.717) is 24.6 Å². The molecule has 0 aliphatic heterocycles. The molecule has 120 valence electrons. The van der Waals surface area contributed by atoms with Crippen molar-refractivity contribution in [3.8, 4) is 5.75 Å². The molecule has 0 unspecified atom stereocenters. The number of nitrogen functional groups attached to an aromatic ring is 1. The number of nitrogens with two attached hydrogens (primary N) is 1. The number of rotatable bonds is 6. The van der Waals surface area contributed by atoms with E-state index in [1.165, 1.54) is 11.6 Å². The summed E-state index contributed by atoms with van der Waals surface area (Å²) in [6, 6.07) is 13.5. The Morgan fingerprint density at radius 3 is 2.61 bits per heavy atom. The van der Waals surface area contributed by atoms with Crippen molar-refractivity contribution in [2.75, 3.05) is 12.3 Å². The van der Waals surface area contributed by atoms with E-state index < -0.39 is 0 Å². The molecular formula is C19H22N2O2. The second-order valence-corrected chi connectivity index (χ2v) is 5.27. The second kappa shape index (κ2) is 8.03. The van der Waals surface area contributed by atoms with Gasteiger partial charge in [0.05, 0.1) is 12.3 Å². The van der Waals surface area contributed by atoms with Crippen LogP contribution in [0, 0.1) is 6.92 Å². The lowest BCUT2D eigenvalue weighted by Gasteiger charge is -2.07. The van der Waals surface area contributed by atoms with Crippen LogP contribution in [0.1, 0.15) is 23.6 Å². The van der Waals surface area contributed by atoms with Crippen LogP contribution < -0.4 is 15.8 Å². The number of ether oxygens (including phenoxy) is 1. The van der Waals surface area contributed by atoms with E-state index >= 15 is 0 Å². The molecule has 0 aliphatic carbocycles. The first-order chi connectivity index (χ1) is 11.1. The normalized spacial score (nSPS) is 10.7. The van der Waals surface area contributed by atoms with Crippen LogP contribution in [0.15, 0.2) is 48.5 Å². The van der Waals surface area contributed by atoms with Gasteiger partial charge in [0.2, 0.25) is 5.91 Å². The van der Waals surface area contributed by atoms with Crippen LogP contribution in [0.2, 0.25) is 0 Å². The summed E-state index contributed by atoms with van der Waals surface area (Å²) in [7, 11) is 0. The Morgan fingerprint density at radius 1 is 1.22 bits per heavy atom. The van der Waals surface area contributed by atoms with Crippen molar-refractivity contribution in [3.05, 3.63) is 65.2 Å². The number of benzene rings is 2. The van der Waals surface area contributed by atoms with Crippen molar-refractivity contribution in [3.63, 3.8) is 0 Å². The number of carbonyl (C=O) groups excluding carboxylic acids is 1. The average molecular weight is 310 g/mol. The maximum absolute atomic E-state index is 11.9. The van der Waals surface area contributed by atoms with Crippen LogP contribution in [0.4, 0.5) is 5.69 Å². The van der Waals surface area contributed by atoms with Gasteiger partial charge < -0.3 is 15.8 Å². The Bertz CT molecular complexity index is 691. The molecule has 2 rings (SSSR count). The van der Waals surface area contributed by atoms with Crippen LogP contribution in [0.3, 0.4) is 0 Å². The highest BCUT2D eigenvalue weighted by molar-refractivity contribution is 5.91. The van der Waals surface area contributed by atoms with Crippen molar-refractivity contribution in [2.24, 2.45) is 0 Å². The summed E-state index contributed by atoms with van der Waals surface area (Å²) in [5, 5.41) is 2.85. The van der Waals surface area contributed by atoms with Crippen molar-refractivity contribution in [1.29, 1.82) is 0 Å². The Labute approximate surface area is 137 Å². The fourth-order valence-corrected chi connectivity index (χ4v) is 2.08. The van der Waals surface area contributed by atoms with Gasteiger partial charge in [-0.1, -0.05) is 35.9 Å². The third-order valence-corrected chi connectivity index (χ3v) is 3.35. The van der Waals surface area contributed by atoms with Crippen LogP contribution >= 0.6 is 0 Å². The molecule has 2 aromatic carbocycles. The summed E-state index contributed by atoms with van der Waals surface area (Å²) in [6.07, 6.45) is 3.24. The molecule has 4 heteroatoms. The first-order valence-corrected chi connectivity index (χ1v) is 7.62. The highest BCUT2D eigenvalue weighted by Gasteiger charge is 2.01. The van der Waals surface area contributed by atoms with Crippen LogP contribution in [0.25, 0.3) is 6.08 Å². The molecule has 0 aliphatic rings. The van der Waals surface area contributed by atoms with Gasteiger partial charge in [0.1, 0.15) is 5.75 Å². The van der Waals surface area contributed by atoms with Gasteiger partial charge in [-0.05, 0) is 43.2 Å². The number of carbonyl (C=O) groups is 1. The lowest BCUT2D eigenvalue weighted by Crippen LogP contribution is -2.20. The Balaban J connectivity index is 1.90. The van der Waals surface area contributed by atoms with Crippen LogP contribution in [0.5, 0.6) is 5.75 Å². The van der Waals surface area contributed by atoms with E-state index in [-0.39, 0.29) is 5.91 Å². The lowest BCUT2D eigenvalue weighted by atomic mass is 10.1. The van der Waals surface area contributed by atoms with Crippen LogP contribution in [-0.4, -0.2) is 12.5 Å². The van der Waals surface area contributed by atoms with Crippen molar-refractivity contribution < 1.29 is 9.53 Å². The molecule has 0 spiro atoms. The molecule has 0 fully saturated rings. The van der Waals surface area contributed by atoms with Gasteiger partial charge in [0.25, 0.3) is 0 Å². The smallest absolute Gasteiger partial charge is 0.244 e. The van der Waals surface area contributed by atoms with E-state index in [4.69, 9.17) is 10.5 Å². The maximum Gasteiger partial charge on any atom is 0.244 e. The third kappa shape index (κ3) is 5.18.